The first-order valence-corrected chi connectivity index (χ1v) is 7.78. The number of phenolic OH excluding ortho intramolecular Hbond substituents is 1. The van der Waals surface area contributed by atoms with Crippen LogP contribution in [0.1, 0.15) is 5.56 Å². The van der Waals surface area contributed by atoms with E-state index >= 15 is 0 Å². The fraction of sp³-hybridized carbons (Fsp3) is 0.0588. The van der Waals surface area contributed by atoms with Crippen molar-refractivity contribution in [2.24, 2.45) is 0 Å². The van der Waals surface area contributed by atoms with E-state index in [1.807, 2.05) is 0 Å². The number of hydrogen-bond donors (Lipinski definition) is 3. The van der Waals surface area contributed by atoms with Crippen molar-refractivity contribution in [1.29, 1.82) is 0 Å². The van der Waals surface area contributed by atoms with Crippen LogP contribution >= 0.6 is 11.6 Å². The molecule has 0 spiro atoms. The molecular formula is C17H12ClFN4O2. The minimum Gasteiger partial charge on any atom is -0.508 e. The number of nitrogens with zero attached hydrogens (tertiary/aromatic N) is 2. The standard InChI is InChI=1S/C17H12ClFN4O2/c18-12-6-10(1-3-13(12)19)23-16-15-17(22-8-21-16)25-14-4-2-11(24)5-9(14)7-20-15/h1-6,8,20,24H,7H2,(H,21,22,23). The summed E-state index contributed by atoms with van der Waals surface area (Å²) in [7, 11) is 0. The van der Waals surface area contributed by atoms with Gasteiger partial charge in [-0.05, 0) is 36.4 Å². The zero-order valence-corrected chi connectivity index (χ0v) is 13.5. The Morgan fingerprint density at radius 3 is 2.92 bits per heavy atom. The molecule has 0 aliphatic carbocycles. The number of anilines is 3. The fourth-order valence-electron chi connectivity index (χ4n) is 2.50. The Hall–Kier alpha value is -3.06. The lowest BCUT2D eigenvalue weighted by Gasteiger charge is -2.13. The van der Waals surface area contributed by atoms with Gasteiger partial charge in [-0.15, -0.1) is 0 Å². The molecule has 8 heteroatoms. The van der Waals surface area contributed by atoms with Crippen molar-refractivity contribution < 1.29 is 14.2 Å². The van der Waals surface area contributed by atoms with Crippen LogP contribution in [0.5, 0.6) is 17.4 Å². The number of fused-ring (bicyclic) bond motifs is 2. The molecule has 3 aromatic rings. The van der Waals surface area contributed by atoms with Gasteiger partial charge in [0.15, 0.2) is 5.82 Å². The molecule has 0 amide bonds. The molecule has 0 radical (unpaired) electrons. The molecule has 0 bridgehead atoms. The van der Waals surface area contributed by atoms with Crippen molar-refractivity contribution in [2.75, 3.05) is 10.6 Å². The molecule has 3 N–H and O–H groups in total. The summed E-state index contributed by atoms with van der Waals surface area (Å²) in [6.07, 6.45) is 1.36. The van der Waals surface area contributed by atoms with E-state index in [2.05, 4.69) is 20.6 Å². The van der Waals surface area contributed by atoms with Crippen molar-refractivity contribution in [3.05, 3.63) is 59.1 Å². The molecular weight excluding hydrogens is 347 g/mol. The summed E-state index contributed by atoms with van der Waals surface area (Å²) in [6, 6.07) is 9.14. The summed E-state index contributed by atoms with van der Waals surface area (Å²) in [5.74, 6) is 1.06. The number of aromatic hydroxyl groups is 1. The molecule has 25 heavy (non-hydrogen) atoms. The number of nitrogens with one attached hydrogen (secondary N) is 2. The molecule has 2 heterocycles. The Labute approximate surface area is 147 Å². The largest absolute Gasteiger partial charge is 0.508 e. The van der Waals surface area contributed by atoms with E-state index in [-0.39, 0.29) is 10.8 Å². The molecule has 0 saturated carbocycles. The third-order valence-electron chi connectivity index (χ3n) is 3.70. The lowest BCUT2D eigenvalue weighted by molar-refractivity contribution is 0.454. The summed E-state index contributed by atoms with van der Waals surface area (Å²) in [4.78, 5) is 8.36. The average molecular weight is 359 g/mol. The lowest BCUT2D eigenvalue weighted by atomic mass is 10.2. The van der Waals surface area contributed by atoms with Crippen LogP contribution in [-0.4, -0.2) is 15.1 Å². The highest BCUT2D eigenvalue weighted by atomic mass is 35.5. The van der Waals surface area contributed by atoms with Crippen molar-refractivity contribution in [3.63, 3.8) is 0 Å². The lowest BCUT2D eigenvalue weighted by Crippen LogP contribution is -2.04. The highest BCUT2D eigenvalue weighted by Gasteiger charge is 2.20. The van der Waals surface area contributed by atoms with E-state index < -0.39 is 5.82 Å². The van der Waals surface area contributed by atoms with E-state index in [1.54, 1.807) is 24.3 Å². The predicted molar refractivity (Wildman–Crippen MR) is 92.2 cm³/mol. The average Bonchev–Trinajstić information content (AvgIpc) is 2.78. The number of benzene rings is 2. The normalized spacial score (nSPS) is 12.2. The van der Waals surface area contributed by atoms with Crippen molar-refractivity contribution >= 4 is 28.8 Å². The van der Waals surface area contributed by atoms with E-state index in [4.69, 9.17) is 16.3 Å². The molecule has 6 nitrogen and oxygen atoms in total. The summed E-state index contributed by atoms with van der Waals surface area (Å²) < 4.78 is 19.1. The van der Waals surface area contributed by atoms with E-state index in [0.717, 1.165) is 5.56 Å². The zero-order chi connectivity index (χ0) is 17.4. The van der Waals surface area contributed by atoms with Crippen molar-refractivity contribution in [3.8, 4) is 17.4 Å². The second-order valence-electron chi connectivity index (χ2n) is 5.40. The third-order valence-corrected chi connectivity index (χ3v) is 3.99. The number of halogens is 2. The highest BCUT2D eigenvalue weighted by molar-refractivity contribution is 6.31. The molecule has 4 rings (SSSR count). The summed E-state index contributed by atoms with van der Waals surface area (Å²) >= 11 is 5.81. The van der Waals surface area contributed by atoms with Crippen LogP contribution in [-0.2, 0) is 6.54 Å². The maximum absolute atomic E-state index is 13.3. The Bertz CT molecular complexity index is 967. The second-order valence-corrected chi connectivity index (χ2v) is 5.81. The van der Waals surface area contributed by atoms with Crippen LogP contribution in [0.15, 0.2) is 42.7 Å². The SMILES string of the molecule is Oc1ccc2c(c1)CNc1c(Nc3ccc(F)c(Cl)c3)ncnc1O2. The van der Waals surface area contributed by atoms with Crippen molar-refractivity contribution in [1.82, 2.24) is 9.97 Å². The molecule has 126 valence electrons. The van der Waals surface area contributed by atoms with Crippen LogP contribution in [0.4, 0.5) is 21.6 Å². The Kier molecular flexibility index (Phi) is 3.77. The topological polar surface area (TPSA) is 79.3 Å². The van der Waals surface area contributed by atoms with Crippen LogP contribution < -0.4 is 15.4 Å². The predicted octanol–water partition coefficient (Wildman–Crippen LogP) is 4.44. The molecule has 0 fully saturated rings. The molecule has 0 unspecified atom stereocenters. The van der Waals surface area contributed by atoms with Gasteiger partial charge in [0.1, 0.15) is 29.3 Å². The monoisotopic (exact) mass is 358 g/mol. The quantitative estimate of drug-likeness (QED) is 0.628. The Morgan fingerprint density at radius 2 is 2.08 bits per heavy atom. The molecule has 2 aromatic carbocycles. The van der Waals surface area contributed by atoms with Crippen LogP contribution in [0, 0.1) is 5.82 Å². The minimum absolute atomic E-state index is 0.0113. The molecule has 1 aliphatic heterocycles. The second kappa shape index (κ2) is 6.10. The number of aromatic nitrogens is 2. The maximum Gasteiger partial charge on any atom is 0.248 e. The van der Waals surface area contributed by atoms with Gasteiger partial charge in [0.05, 0.1) is 5.02 Å². The number of rotatable bonds is 2. The van der Waals surface area contributed by atoms with E-state index in [0.29, 0.717) is 35.4 Å². The maximum atomic E-state index is 13.3. The number of phenols is 1. The van der Waals surface area contributed by atoms with Gasteiger partial charge in [0, 0.05) is 17.8 Å². The van der Waals surface area contributed by atoms with Crippen LogP contribution in [0.3, 0.4) is 0 Å². The molecule has 0 atom stereocenters. The van der Waals surface area contributed by atoms with E-state index in [1.165, 1.54) is 18.5 Å². The van der Waals surface area contributed by atoms with Gasteiger partial charge in [-0.2, -0.15) is 4.98 Å². The summed E-state index contributed by atoms with van der Waals surface area (Å²) in [5, 5.41) is 15.9. The first kappa shape index (κ1) is 15.5. The van der Waals surface area contributed by atoms with Gasteiger partial charge >= 0.3 is 0 Å². The van der Waals surface area contributed by atoms with Crippen LogP contribution in [0.2, 0.25) is 5.02 Å². The van der Waals surface area contributed by atoms with Gasteiger partial charge in [0.25, 0.3) is 0 Å². The van der Waals surface area contributed by atoms with Crippen molar-refractivity contribution in [2.45, 2.75) is 6.54 Å². The summed E-state index contributed by atoms with van der Waals surface area (Å²) in [5.41, 5.74) is 1.92. The van der Waals surface area contributed by atoms with Gasteiger partial charge in [-0.25, -0.2) is 9.37 Å². The molecule has 1 aromatic heterocycles. The van der Waals surface area contributed by atoms with E-state index in [9.17, 15) is 9.50 Å². The Morgan fingerprint density at radius 1 is 1.20 bits per heavy atom. The summed E-state index contributed by atoms with van der Waals surface area (Å²) in [6.45, 7) is 0.420. The zero-order valence-electron chi connectivity index (χ0n) is 12.8. The van der Waals surface area contributed by atoms with Gasteiger partial charge in [-0.3, -0.25) is 0 Å². The first-order chi connectivity index (χ1) is 12.1. The first-order valence-electron chi connectivity index (χ1n) is 7.41. The molecule has 0 saturated heterocycles. The highest BCUT2D eigenvalue weighted by Crippen LogP contribution is 2.39. The van der Waals surface area contributed by atoms with Gasteiger partial charge < -0.3 is 20.5 Å². The smallest absolute Gasteiger partial charge is 0.248 e. The van der Waals surface area contributed by atoms with Crippen LogP contribution in [0.25, 0.3) is 0 Å². The number of hydrogen-bond acceptors (Lipinski definition) is 6. The molecule has 1 aliphatic rings. The Balaban J connectivity index is 1.69. The van der Waals surface area contributed by atoms with Gasteiger partial charge in [-0.1, -0.05) is 11.6 Å². The van der Waals surface area contributed by atoms with Gasteiger partial charge in [0.2, 0.25) is 5.88 Å². The third kappa shape index (κ3) is 3.01. The number of ether oxygens (including phenoxy) is 1. The fourth-order valence-corrected chi connectivity index (χ4v) is 2.68. The minimum atomic E-state index is -0.495.